The van der Waals surface area contributed by atoms with Crippen LogP contribution in [0.5, 0.6) is 0 Å². The smallest absolute Gasteiger partial charge is 1.00 e. The van der Waals surface area contributed by atoms with Gasteiger partial charge < -0.3 is 24.8 Å². The monoisotopic (exact) mass is 471 g/mol. The van der Waals surface area contributed by atoms with E-state index in [1.807, 2.05) is 31.2 Å². The molecule has 148 valence electrons. The van der Waals surface area contributed by atoms with Crippen molar-refractivity contribution in [2.45, 2.75) is 32.6 Å². The van der Waals surface area contributed by atoms with Crippen LogP contribution in [0.3, 0.4) is 0 Å². The normalized spacial score (nSPS) is 18.1. The summed E-state index contributed by atoms with van der Waals surface area (Å²) in [6.45, 7) is 8.40. The summed E-state index contributed by atoms with van der Waals surface area (Å²) < 4.78 is 33.5. The van der Waals surface area contributed by atoms with Crippen LogP contribution in [-0.4, -0.2) is 8.42 Å². The molecule has 4 rings (SSSR count). The van der Waals surface area contributed by atoms with Gasteiger partial charge in [0.1, 0.15) is 0 Å². The molecule has 0 radical (unpaired) electrons. The maximum atomic E-state index is 13.2. The van der Waals surface area contributed by atoms with Gasteiger partial charge in [-0.05, 0) is 0 Å². The molecular formula is C21H23Cl2NO2STi. The van der Waals surface area contributed by atoms with Crippen LogP contribution in [0.1, 0.15) is 26.3 Å². The molecule has 1 heterocycles. The van der Waals surface area contributed by atoms with Crippen molar-refractivity contribution in [1.82, 2.24) is 3.20 Å². The summed E-state index contributed by atoms with van der Waals surface area (Å²) in [5.41, 5.74) is 3.59. The van der Waals surface area contributed by atoms with Gasteiger partial charge in [0.2, 0.25) is 0 Å². The average molecular weight is 472 g/mol. The Labute approximate surface area is 183 Å². The van der Waals surface area contributed by atoms with Gasteiger partial charge in [-0.25, -0.2) is 0 Å². The summed E-state index contributed by atoms with van der Waals surface area (Å²) in [5, 5.41) is 0. The fraction of sp³-hybridized carbons (Fsp3) is 0.238. The number of allylic oxidation sites excluding steroid dienone is 4. The molecule has 0 fully saturated rings. The van der Waals surface area contributed by atoms with Crippen LogP contribution in [0.2, 0.25) is 0 Å². The van der Waals surface area contributed by atoms with E-state index in [2.05, 4.69) is 42.2 Å². The van der Waals surface area contributed by atoms with Crippen molar-refractivity contribution in [2.24, 2.45) is 5.92 Å². The Bertz CT molecular complexity index is 1050. The van der Waals surface area contributed by atoms with Crippen molar-refractivity contribution in [3.63, 3.8) is 0 Å². The molecule has 3 nitrogen and oxygen atoms in total. The molecule has 0 saturated heterocycles. The molecule has 7 heteroatoms. The van der Waals surface area contributed by atoms with Crippen molar-refractivity contribution in [1.29, 1.82) is 0 Å². The third kappa shape index (κ3) is 3.56. The number of nitrogens with one attached hydrogen (secondary N) is 1. The van der Waals surface area contributed by atoms with Crippen molar-refractivity contribution in [2.75, 3.05) is 0 Å². The predicted octanol–water partition coefficient (Wildman–Crippen LogP) is -2.82. The zero-order valence-corrected chi connectivity index (χ0v) is 20.1. The average Bonchev–Trinajstić information content (AvgIpc) is 3.13. The number of hydrogen-bond acceptors (Lipinski definition) is 2. The predicted molar refractivity (Wildman–Crippen MR) is 103 cm³/mol. The largest absolute Gasteiger partial charge is 1.00 e. The molecule has 2 aromatic rings. The fourth-order valence-corrected chi connectivity index (χ4v) is 16.0. The van der Waals surface area contributed by atoms with Gasteiger partial charge in [0.05, 0.1) is 0 Å². The molecule has 0 saturated carbocycles. The molecule has 2 aliphatic rings. The molecule has 1 unspecified atom stereocenters. The number of rotatable bonds is 4. The van der Waals surface area contributed by atoms with Gasteiger partial charge in [-0.15, -0.1) is 0 Å². The molecular weight excluding hydrogens is 449 g/mol. The Kier molecular flexibility index (Phi) is 6.77. The molecule has 1 aliphatic heterocycles. The van der Waals surface area contributed by atoms with Crippen LogP contribution < -0.4 is 35.8 Å². The minimum atomic E-state index is -3.57. The van der Waals surface area contributed by atoms with Gasteiger partial charge >= 0.3 is 160 Å². The first-order chi connectivity index (χ1) is 12.3. The maximum Gasteiger partial charge on any atom is -1.00 e. The summed E-state index contributed by atoms with van der Waals surface area (Å²) in [7, 11) is -3.57. The first-order valence-electron chi connectivity index (χ1n) is 8.88. The third-order valence-corrected chi connectivity index (χ3v) is 15.9. The first kappa shape index (κ1) is 23.4. The molecule has 0 spiro atoms. The molecule has 1 aliphatic carbocycles. The van der Waals surface area contributed by atoms with E-state index in [-0.39, 0.29) is 30.7 Å². The second-order valence-electron chi connectivity index (χ2n) is 7.39. The zero-order valence-electron chi connectivity index (χ0n) is 16.3. The Morgan fingerprint density at radius 3 is 1.89 bits per heavy atom. The van der Waals surface area contributed by atoms with Gasteiger partial charge in [0.25, 0.3) is 0 Å². The maximum absolute atomic E-state index is 13.2. The standard InChI is InChI=1S/C8H11.C7H8NO2S.C6H4.2ClH.Ti/c1-6-4-7(2)8(3)5-6;1-6-2-4-7(5-3-6)11(8,9)10;1-2-4-6-5-3-1;;;/h4,6H,1-3H3;2-5H,1H3,(H-,8,9,10);1-4H;2*1H;/q;-1;;;;+3/p-2. The van der Waals surface area contributed by atoms with E-state index in [1.54, 1.807) is 12.1 Å². The number of sulfonamides is 1. The number of benzene rings is 2. The van der Waals surface area contributed by atoms with Crippen molar-refractivity contribution < 1.29 is 50.1 Å². The Morgan fingerprint density at radius 2 is 1.43 bits per heavy atom. The van der Waals surface area contributed by atoms with E-state index < -0.39 is 26.9 Å². The summed E-state index contributed by atoms with van der Waals surface area (Å²) >= 11 is -3.21. The number of aryl methyl sites for hydroxylation is 1. The molecule has 0 aromatic heterocycles. The van der Waals surface area contributed by atoms with Gasteiger partial charge in [0, 0.05) is 0 Å². The van der Waals surface area contributed by atoms with E-state index in [1.165, 1.54) is 22.8 Å². The fourth-order valence-electron chi connectivity index (χ4n) is 4.25. The molecule has 0 bridgehead atoms. The topological polar surface area (TPSA) is 46.2 Å². The molecule has 1 N–H and O–H groups in total. The quantitative estimate of drug-likeness (QED) is 0.489. The van der Waals surface area contributed by atoms with Crippen LogP contribution in [0.4, 0.5) is 0 Å². The van der Waals surface area contributed by atoms with Gasteiger partial charge in [0.15, 0.2) is 0 Å². The van der Waals surface area contributed by atoms with Crippen molar-refractivity contribution in [3.8, 4) is 0 Å². The summed E-state index contributed by atoms with van der Waals surface area (Å²) in [4.78, 5) is 0.347. The first-order valence-corrected chi connectivity index (χ1v) is 13.5. The molecule has 0 amide bonds. The van der Waals surface area contributed by atoms with E-state index in [0.717, 1.165) is 5.56 Å². The van der Waals surface area contributed by atoms with Crippen molar-refractivity contribution >= 4 is 17.8 Å². The summed E-state index contributed by atoms with van der Waals surface area (Å²) in [6, 6.07) is 15.3. The Morgan fingerprint density at radius 1 is 0.893 bits per heavy atom. The van der Waals surface area contributed by atoms with E-state index in [9.17, 15) is 8.42 Å². The van der Waals surface area contributed by atoms with E-state index >= 15 is 0 Å². The van der Waals surface area contributed by atoms with Gasteiger partial charge in [-0.1, -0.05) is 0 Å². The number of hydrogen-bond donors (Lipinski definition) is 1. The summed E-state index contributed by atoms with van der Waals surface area (Å²) in [6.07, 6.45) is 2.26. The second kappa shape index (κ2) is 8.10. The third-order valence-electron chi connectivity index (χ3n) is 5.65. The van der Waals surface area contributed by atoms with Gasteiger partial charge in [-0.3, -0.25) is 0 Å². The number of halogens is 2. The zero-order chi connectivity index (χ0) is 18.7. The minimum absolute atomic E-state index is 0. The van der Waals surface area contributed by atoms with Crippen LogP contribution in [-0.2, 0) is 26.9 Å². The van der Waals surface area contributed by atoms with E-state index in [0.29, 0.717) is 4.90 Å². The Hall–Kier alpha value is -0.876. The van der Waals surface area contributed by atoms with E-state index in [4.69, 9.17) is 0 Å². The minimum Gasteiger partial charge on any atom is -1.00 e. The van der Waals surface area contributed by atoms with Crippen LogP contribution in [0, 0.1) is 12.8 Å². The second-order valence-corrected chi connectivity index (χ2v) is 14.9. The number of fused-ring (bicyclic) bond motifs is 1. The van der Waals surface area contributed by atoms with Crippen LogP contribution in [0.25, 0.3) is 0 Å². The molecule has 28 heavy (non-hydrogen) atoms. The van der Waals surface area contributed by atoms with Crippen LogP contribution in [0.15, 0.2) is 74.5 Å². The van der Waals surface area contributed by atoms with Crippen molar-refractivity contribution in [3.05, 3.63) is 75.2 Å². The Balaban J connectivity index is 0.00000140. The van der Waals surface area contributed by atoms with Gasteiger partial charge in [-0.2, -0.15) is 0 Å². The summed E-state index contributed by atoms with van der Waals surface area (Å²) in [5.74, 6) is 0.281. The molecule has 2 aromatic carbocycles. The SMILES string of the molecule is CC1=CC(C)[C]([Ti+2]2([NH]S(=O)(=O)c3ccc(C)cc3)[c]3cccc[c]32)=C1C.[Cl-].[Cl-]. The molecule has 1 atom stereocenters. The van der Waals surface area contributed by atoms with Crippen LogP contribution >= 0.6 is 0 Å².